The number of hydrogen-bond donors (Lipinski definition) is 1. The first-order valence-electron chi connectivity index (χ1n) is 3.31. The minimum atomic E-state index is -0.693. The Morgan fingerprint density at radius 1 is 1.42 bits per heavy atom. The Kier molecular flexibility index (Phi) is 2.92. The Bertz CT molecular complexity index is 289. The van der Waals surface area contributed by atoms with E-state index in [0.717, 1.165) is 6.07 Å². The van der Waals surface area contributed by atoms with Crippen molar-refractivity contribution in [3.8, 4) is 5.75 Å². The minimum Gasteiger partial charge on any atom is -0.493 e. The van der Waals surface area contributed by atoms with Crippen molar-refractivity contribution in [3.05, 3.63) is 29.3 Å². The second kappa shape index (κ2) is 3.76. The zero-order valence-corrected chi connectivity index (χ0v) is 7.37. The van der Waals surface area contributed by atoms with E-state index >= 15 is 0 Å². The number of hydrogen-bond acceptors (Lipinski definition) is 2. The molecule has 0 heterocycles. The quantitative estimate of drug-likeness (QED) is 0.704. The van der Waals surface area contributed by atoms with Gasteiger partial charge in [0.1, 0.15) is 5.82 Å². The van der Waals surface area contributed by atoms with Crippen LogP contribution in [0.2, 0.25) is 0 Å². The maximum absolute atomic E-state index is 12.9. The van der Waals surface area contributed by atoms with Crippen molar-refractivity contribution in [3.63, 3.8) is 0 Å². The lowest BCUT2D eigenvalue weighted by Gasteiger charge is -2.06. The van der Waals surface area contributed by atoms with Gasteiger partial charge < -0.3 is 4.74 Å². The smallest absolute Gasteiger partial charge is 0.168 e. The average Bonchev–Trinajstić information content (AvgIpc) is 2.03. The van der Waals surface area contributed by atoms with Gasteiger partial charge in [0, 0.05) is 17.4 Å². The second-order valence-corrected chi connectivity index (χ2v) is 2.55. The van der Waals surface area contributed by atoms with Crippen molar-refractivity contribution in [2.75, 3.05) is 7.11 Å². The molecule has 0 saturated carbocycles. The van der Waals surface area contributed by atoms with E-state index in [9.17, 15) is 8.78 Å². The molecule has 0 aliphatic carbocycles. The molecule has 0 bridgehead atoms. The molecule has 1 aromatic rings. The summed E-state index contributed by atoms with van der Waals surface area (Å²) >= 11 is 3.92. The van der Waals surface area contributed by atoms with Gasteiger partial charge in [0.05, 0.1) is 7.11 Å². The van der Waals surface area contributed by atoms with Crippen LogP contribution in [0.5, 0.6) is 5.75 Å². The fourth-order valence-electron chi connectivity index (χ4n) is 0.960. The first kappa shape index (κ1) is 9.32. The predicted molar refractivity (Wildman–Crippen MR) is 45.6 cm³/mol. The molecule has 1 nitrogen and oxygen atoms in total. The monoisotopic (exact) mass is 190 g/mol. The topological polar surface area (TPSA) is 9.23 Å². The molecule has 12 heavy (non-hydrogen) atoms. The largest absolute Gasteiger partial charge is 0.493 e. The van der Waals surface area contributed by atoms with Crippen LogP contribution in [0.1, 0.15) is 5.56 Å². The van der Waals surface area contributed by atoms with E-state index in [2.05, 4.69) is 12.6 Å². The van der Waals surface area contributed by atoms with Gasteiger partial charge in [-0.2, -0.15) is 12.6 Å². The van der Waals surface area contributed by atoms with Crippen LogP contribution >= 0.6 is 12.6 Å². The lowest BCUT2D eigenvalue weighted by molar-refractivity contribution is 0.380. The third-order valence-corrected chi connectivity index (χ3v) is 1.80. The average molecular weight is 190 g/mol. The van der Waals surface area contributed by atoms with Gasteiger partial charge in [-0.3, -0.25) is 0 Å². The summed E-state index contributed by atoms with van der Waals surface area (Å²) in [5.74, 6) is -0.997. The summed E-state index contributed by atoms with van der Waals surface area (Å²) in [6, 6.07) is 1.99. The number of thiol groups is 1. The lowest BCUT2D eigenvalue weighted by atomic mass is 10.2. The first-order chi connectivity index (χ1) is 5.69. The van der Waals surface area contributed by atoms with E-state index in [1.165, 1.54) is 13.2 Å². The normalized spacial score (nSPS) is 10.0. The number of halogens is 2. The predicted octanol–water partition coefficient (Wildman–Crippen LogP) is 2.40. The molecule has 0 saturated heterocycles. The maximum Gasteiger partial charge on any atom is 0.168 e. The van der Waals surface area contributed by atoms with Crippen LogP contribution in [0.25, 0.3) is 0 Å². The van der Waals surface area contributed by atoms with Gasteiger partial charge in [0.15, 0.2) is 11.6 Å². The third kappa shape index (κ3) is 1.69. The van der Waals surface area contributed by atoms with Crippen molar-refractivity contribution >= 4 is 12.6 Å². The van der Waals surface area contributed by atoms with Gasteiger partial charge in [0.2, 0.25) is 0 Å². The van der Waals surface area contributed by atoms with Crippen LogP contribution in [0, 0.1) is 11.6 Å². The van der Waals surface area contributed by atoms with Crippen LogP contribution < -0.4 is 4.74 Å². The Hall–Kier alpha value is -0.770. The van der Waals surface area contributed by atoms with Crippen LogP contribution in [-0.2, 0) is 5.75 Å². The fraction of sp³-hybridized carbons (Fsp3) is 0.250. The van der Waals surface area contributed by atoms with E-state index < -0.39 is 11.6 Å². The molecule has 0 atom stereocenters. The molecule has 0 radical (unpaired) electrons. The molecule has 0 aliphatic heterocycles. The van der Waals surface area contributed by atoms with Crippen molar-refractivity contribution in [1.29, 1.82) is 0 Å². The molecule has 0 unspecified atom stereocenters. The van der Waals surface area contributed by atoms with E-state index in [-0.39, 0.29) is 11.5 Å². The number of methoxy groups -OCH3 is 1. The second-order valence-electron chi connectivity index (χ2n) is 2.24. The summed E-state index contributed by atoms with van der Waals surface area (Å²) in [4.78, 5) is 0. The van der Waals surface area contributed by atoms with Crippen LogP contribution in [-0.4, -0.2) is 7.11 Å². The standard InChI is InChI=1S/C8H8F2OS/c1-11-8-5(4-12)2-6(9)3-7(8)10/h2-3,12H,4H2,1H3. The van der Waals surface area contributed by atoms with Crippen molar-refractivity contribution in [1.82, 2.24) is 0 Å². The SMILES string of the molecule is COc1c(F)cc(F)cc1CS. The van der Waals surface area contributed by atoms with Gasteiger partial charge >= 0.3 is 0 Å². The van der Waals surface area contributed by atoms with E-state index in [0.29, 0.717) is 5.56 Å². The summed E-state index contributed by atoms with van der Waals surface area (Å²) in [7, 11) is 1.34. The molecule has 0 fully saturated rings. The van der Waals surface area contributed by atoms with Gasteiger partial charge in [-0.25, -0.2) is 8.78 Å². The molecule has 0 N–H and O–H groups in total. The molecule has 0 aliphatic rings. The Balaban J connectivity index is 3.24. The van der Waals surface area contributed by atoms with Crippen molar-refractivity contribution < 1.29 is 13.5 Å². The summed E-state index contributed by atoms with van der Waals surface area (Å²) in [6.07, 6.45) is 0. The molecular weight excluding hydrogens is 182 g/mol. The zero-order chi connectivity index (χ0) is 9.14. The molecule has 0 aromatic heterocycles. The van der Waals surface area contributed by atoms with E-state index in [4.69, 9.17) is 4.74 Å². The highest BCUT2D eigenvalue weighted by atomic mass is 32.1. The zero-order valence-electron chi connectivity index (χ0n) is 6.47. The van der Waals surface area contributed by atoms with Gasteiger partial charge in [-0.05, 0) is 6.07 Å². The molecule has 4 heteroatoms. The summed E-state index contributed by atoms with van der Waals surface area (Å²) in [5, 5.41) is 0. The number of ether oxygens (including phenoxy) is 1. The molecule has 1 aromatic carbocycles. The molecule has 66 valence electrons. The minimum absolute atomic E-state index is 0.0615. The first-order valence-corrected chi connectivity index (χ1v) is 3.95. The van der Waals surface area contributed by atoms with Crippen LogP contribution in [0.3, 0.4) is 0 Å². The highest BCUT2D eigenvalue weighted by molar-refractivity contribution is 7.79. The van der Waals surface area contributed by atoms with E-state index in [1.807, 2.05) is 0 Å². The van der Waals surface area contributed by atoms with Crippen LogP contribution in [0.15, 0.2) is 12.1 Å². The molecule has 0 amide bonds. The molecule has 0 spiro atoms. The van der Waals surface area contributed by atoms with Crippen molar-refractivity contribution in [2.45, 2.75) is 5.75 Å². The molecular formula is C8H8F2OS. The summed E-state index contributed by atoms with van der Waals surface area (Å²) < 4.78 is 30.2. The van der Waals surface area contributed by atoms with Crippen LogP contribution in [0.4, 0.5) is 8.78 Å². The Morgan fingerprint density at radius 3 is 2.58 bits per heavy atom. The number of benzene rings is 1. The number of rotatable bonds is 2. The third-order valence-electron chi connectivity index (χ3n) is 1.46. The Labute approximate surface area is 74.8 Å². The fourth-order valence-corrected chi connectivity index (χ4v) is 1.19. The summed E-state index contributed by atoms with van der Waals surface area (Å²) in [6.45, 7) is 0. The summed E-state index contributed by atoms with van der Waals surface area (Å²) in [5.41, 5.74) is 0.415. The van der Waals surface area contributed by atoms with Gasteiger partial charge in [-0.15, -0.1) is 0 Å². The lowest BCUT2D eigenvalue weighted by Crippen LogP contribution is -1.94. The Morgan fingerprint density at radius 2 is 2.08 bits per heavy atom. The van der Waals surface area contributed by atoms with Gasteiger partial charge in [-0.1, -0.05) is 0 Å². The maximum atomic E-state index is 12.9. The van der Waals surface area contributed by atoms with Gasteiger partial charge in [0.25, 0.3) is 0 Å². The highest BCUT2D eigenvalue weighted by Gasteiger charge is 2.09. The van der Waals surface area contributed by atoms with Crippen molar-refractivity contribution in [2.24, 2.45) is 0 Å². The highest BCUT2D eigenvalue weighted by Crippen LogP contribution is 2.24. The molecule has 1 rings (SSSR count). The van der Waals surface area contributed by atoms with E-state index in [1.54, 1.807) is 0 Å².